The Kier molecular flexibility index (Phi) is 93.3. The van der Waals surface area contributed by atoms with Crippen LogP contribution in [0.4, 0.5) is 0 Å². The first-order chi connectivity index (χ1) is 2.73. The average molecular weight is 216 g/mol. The molecule has 0 aliphatic rings. The molecule has 0 unspecified atom stereocenters. The average Bonchev–Trinajstić information content (AvgIpc) is 1.41. The van der Waals surface area contributed by atoms with Crippen LogP contribution in [0.25, 0.3) is 0 Å². The van der Waals surface area contributed by atoms with Gasteiger partial charge in [0.05, 0.1) is 5.09 Å². The van der Waals surface area contributed by atoms with E-state index in [2.05, 4.69) is 6.57 Å². The molecule has 0 aromatic heterocycles. The summed E-state index contributed by atoms with van der Waals surface area (Å²) in [7, 11) is 0. The van der Waals surface area contributed by atoms with Crippen LogP contribution < -0.4 is 0 Å². The van der Waals surface area contributed by atoms with Crippen molar-refractivity contribution in [3.8, 4) is 6.57 Å². The SMILES string of the molecule is C#N.O=[N+]([O-])[O-].[Cu].[Cu]. The first kappa shape index (κ1) is 25.2. The first-order valence-electron chi connectivity index (χ1n) is 0.806. The molecule has 0 amide bonds. The van der Waals surface area contributed by atoms with Gasteiger partial charge in [-0.25, -0.2) is 5.26 Å². The predicted molar refractivity (Wildman–Crippen MR) is 17.0 cm³/mol. The van der Waals surface area contributed by atoms with E-state index in [1.807, 2.05) is 0 Å². The van der Waals surface area contributed by atoms with Crippen molar-refractivity contribution in [3.05, 3.63) is 15.3 Å². The largest absolute Gasteiger partial charge is 0.356 e. The molecule has 0 aromatic rings. The summed E-state index contributed by atoms with van der Waals surface area (Å²) in [5, 5.41) is 21.2. The Hall–Kier alpha value is -0.271. The molecule has 0 fully saturated rings. The third kappa shape index (κ3) is 1740. The van der Waals surface area contributed by atoms with Crippen LogP contribution in [0.3, 0.4) is 0 Å². The zero-order chi connectivity index (χ0) is 5.58. The van der Waals surface area contributed by atoms with Gasteiger partial charge in [0, 0.05) is 40.7 Å². The maximum absolute atomic E-state index is 8.25. The second-order valence-electron chi connectivity index (χ2n) is 0.224. The van der Waals surface area contributed by atoms with Crippen molar-refractivity contribution in [1.82, 2.24) is 0 Å². The monoisotopic (exact) mass is 215 g/mol. The molecule has 56 valence electrons. The van der Waals surface area contributed by atoms with E-state index in [1.54, 1.807) is 0 Å². The molecule has 0 aromatic carbocycles. The van der Waals surface area contributed by atoms with Gasteiger partial charge in [-0.05, 0) is 0 Å². The van der Waals surface area contributed by atoms with E-state index in [0.717, 1.165) is 0 Å². The van der Waals surface area contributed by atoms with Crippen molar-refractivity contribution in [2.45, 2.75) is 0 Å². The van der Waals surface area contributed by atoms with Gasteiger partial charge < -0.3 is 15.3 Å². The Bertz CT molecular complexity index is 59.5. The molecule has 0 spiro atoms. The Morgan fingerprint density at radius 1 is 1.25 bits per heavy atom. The van der Waals surface area contributed by atoms with Gasteiger partial charge in [-0.1, -0.05) is 0 Å². The quantitative estimate of drug-likeness (QED) is 0.321. The second kappa shape index (κ2) is 29.7. The Morgan fingerprint density at radius 3 is 1.25 bits per heavy atom. The van der Waals surface area contributed by atoms with Crippen molar-refractivity contribution in [1.29, 1.82) is 5.26 Å². The summed E-state index contributed by atoms with van der Waals surface area (Å²) in [5.74, 6) is 0. The molecule has 7 heteroatoms. The fourth-order valence-corrected chi connectivity index (χ4v) is 0. The zero-order valence-electron chi connectivity index (χ0n) is 3.30. The molecule has 0 aliphatic carbocycles. The van der Waals surface area contributed by atoms with Crippen LogP contribution in [0.15, 0.2) is 0 Å². The van der Waals surface area contributed by atoms with Crippen molar-refractivity contribution < 1.29 is 39.2 Å². The van der Waals surface area contributed by atoms with Gasteiger partial charge in [0.25, 0.3) is 0 Å². The van der Waals surface area contributed by atoms with Crippen LogP contribution in [-0.2, 0) is 34.1 Å². The molecule has 0 heterocycles. The topological polar surface area (TPSA) is 90.0 Å². The van der Waals surface area contributed by atoms with Crippen LogP contribution in [0.5, 0.6) is 0 Å². The fraction of sp³-hybridized carbons (Fsp3) is 0. The molecular weight excluding hydrogens is 215 g/mol. The molecule has 0 N–H and O–H groups in total. The second-order valence-corrected chi connectivity index (χ2v) is 0.224. The number of nitrogens with zero attached hydrogens (tertiary/aromatic N) is 2. The fourth-order valence-electron chi connectivity index (χ4n) is 0. The van der Waals surface area contributed by atoms with Crippen molar-refractivity contribution in [2.75, 3.05) is 0 Å². The van der Waals surface area contributed by atoms with Crippen LogP contribution >= 0.6 is 0 Å². The van der Waals surface area contributed by atoms with Gasteiger partial charge in [-0.15, -0.1) is 0 Å². The first-order valence-corrected chi connectivity index (χ1v) is 0.806. The number of hydrogen-bond acceptors (Lipinski definition) is 4. The smallest absolute Gasteiger partial charge is 0.0689 e. The Morgan fingerprint density at radius 2 is 1.25 bits per heavy atom. The summed E-state index contributed by atoms with van der Waals surface area (Å²) in [6.45, 7) is 3.50. The number of rotatable bonds is 0. The van der Waals surface area contributed by atoms with E-state index in [9.17, 15) is 0 Å². The summed E-state index contributed by atoms with van der Waals surface area (Å²) in [4.78, 5) is 8.25. The van der Waals surface area contributed by atoms with E-state index in [4.69, 9.17) is 20.6 Å². The Balaban J connectivity index is -0.0000000183. The van der Waals surface area contributed by atoms with Gasteiger partial charge in [0.2, 0.25) is 0 Å². The van der Waals surface area contributed by atoms with E-state index < -0.39 is 5.09 Å². The van der Waals surface area contributed by atoms with E-state index >= 15 is 0 Å². The maximum Gasteiger partial charge on any atom is 0.0689 e. The van der Waals surface area contributed by atoms with Gasteiger partial charge in [0.1, 0.15) is 0 Å². The summed E-state index contributed by atoms with van der Waals surface area (Å²) >= 11 is 0. The molecule has 0 aliphatic heterocycles. The molecule has 8 heavy (non-hydrogen) atoms. The number of hydrogen-bond donors (Lipinski definition) is 0. The molecule has 2 radical (unpaired) electrons. The maximum atomic E-state index is 8.25. The summed E-state index contributed by atoms with van der Waals surface area (Å²) < 4.78 is 0. The minimum atomic E-state index is -1.75. The van der Waals surface area contributed by atoms with Crippen LogP contribution in [0, 0.1) is 27.2 Å². The normalized spacial score (nSPS) is 3.25. The van der Waals surface area contributed by atoms with E-state index in [-0.39, 0.29) is 34.1 Å². The molecular formula is CHCu2N2O3-. The minimum Gasteiger partial charge on any atom is -0.356 e. The van der Waals surface area contributed by atoms with E-state index in [1.165, 1.54) is 0 Å². The van der Waals surface area contributed by atoms with Gasteiger partial charge in [-0.3, -0.25) is 0 Å². The van der Waals surface area contributed by atoms with Crippen molar-refractivity contribution in [3.63, 3.8) is 0 Å². The van der Waals surface area contributed by atoms with Gasteiger partial charge >= 0.3 is 0 Å². The standard InChI is InChI=1S/CHN.2Cu.NO3/c1-2;;;2-1(3)4/h1H;;;/q;;;-1. The molecule has 0 saturated carbocycles. The Labute approximate surface area is 66.7 Å². The van der Waals surface area contributed by atoms with Gasteiger partial charge in [-0.2, -0.15) is 0 Å². The summed E-state index contributed by atoms with van der Waals surface area (Å²) in [6, 6.07) is 0. The third-order valence-electron chi connectivity index (χ3n) is 0. The van der Waals surface area contributed by atoms with Crippen molar-refractivity contribution in [2.24, 2.45) is 0 Å². The third-order valence-corrected chi connectivity index (χ3v) is 0. The van der Waals surface area contributed by atoms with Gasteiger partial charge in [0.15, 0.2) is 0 Å². The van der Waals surface area contributed by atoms with Crippen molar-refractivity contribution >= 4 is 0 Å². The summed E-state index contributed by atoms with van der Waals surface area (Å²) in [5.41, 5.74) is 0. The van der Waals surface area contributed by atoms with Crippen LogP contribution in [-0.4, -0.2) is 5.09 Å². The number of nitriles is 1. The van der Waals surface area contributed by atoms with E-state index in [0.29, 0.717) is 0 Å². The predicted octanol–water partition coefficient (Wildman–Crippen LogP) is -0.104. The minimum absolute atomic E-state index is 0. The molecule has 0 rings (SSSR count). The van der Waals surface area contributed by atoms with Crippen LogP contribution in [0.2, 0.25) is 0 Å². The molecule has 0 saturated heterocycles. The molecule has 0 bridgehead atoms. The molecule has 0 atom stereocenters. The van der Waals surface area contributed by atoms with Crippen LogP contribution in [0.1, 0.15) is 0 Å². The summed E-state index contributed by atoms with van der Waals surface area (Å²) in [6.07, 6.45) is 0. The zero-order valence-corrected chi connectivity index (χ0v) is 5.18. The molecule has 5 nitrogen and oxygen atoms in total.